The third-order valence-electron chi connectivity index (χ3n) is 3.17. The zero-order chi connectivity index (χ0) is 15.8. The van der Waals surface area contributed by atoms with Crippen LogP contribution in [0.25, 0.3) is 0 Å². The minimum absolute atomic E-state index is 0.230. The number of hydrogen-bond donors (Lipinski definition) is 1. The average Bonchev–Trinajstić information content (AvgIpc) is 2.51. The number of ether oxygens (including phenoxy) is 1. The predicted molar refractivity (Wildman–Crippen MR) is 85.2 cm³/mol. The molecule has 5 nitrogen and oxygen atoms in total. The van der Waals surface area contributed by atoms with Crippen LogP contribution in [0.3, 0.4) is 0 Å². The molecule has 0 bridgehead atoms. The molecule has 0 spiro atoms. The molecule has 1 atom stereocenters. The Morgan fingerprint density at radius 2 is 2.14 bits per heavy atom. The number of amides is 1. The molecule has 1 aliphatic carbocycles. The van der Waals surface area contributed by atoms with E-state index in [1.54, 1.807) is 0 Å². The fourth-order valence-electron chi connectivity index (χ4n) is 2.12. The largest absolute Gasteiger partial charge is 0.498 e. The summed E-state index contributed by atoms with van der Waals surface area (Å²) in [7, 11) is 0. The Morgan fingerprint density at radius 3 is 2.82 bits per heavy atom. The summed E-state index contributed by atoms with van der Waals surface area (Å²) in [5.41, 5.74) is 1.65. The van der Waals surface area contributed by atoms with Gasteiger partial charge in [-0.05, 0) is 31.1 Å². The first-order valence-corrected chi connectivity index (χ1v) is 7.29. The van der Waals surface area contributed by atoms with Crippen LogP contribution in [0.15, 0.2) is 59.1 Å². The molecule has 0 aliphatic heterocycles. The molecule has 0 aromatic heterocycles. The van der Waals surface area contributed by atoms with Gasteiger partial charge in [0.25, 0.3) is 0 Å². The van der Waals surface area contributed by atoms with Crippen molar-refractivity contribution in [1.82, 2.24) is 5.32 Å². The molecule has 0 radical (unpaired) electrons. The lowest BCUT2D eigenvalue weighted by molar-refractivity contribution is 0.153. The highest BCUT2D eigenvalue weighted by molar-refractivity contribution is 5.80. The molecule has 1 unspecified atom stereocenters. The van der Waals surface area contributed by atoms with Gasteiger partial charge in [-0.1, -0.05) is 42.4 Å². The number of carbonyl (C=O) groups is 1. The molecule has 22 heavy (non-hydrogen) atoms. The van der Waals surface area contributed by atoms with Gasteiger partial charge in [-0.2, -0.15) is 0 Å². The summed E-state index contributed by atoms with van der Waals surface area (Å²) in [5, 5.41) is 6.35. The van der Waals surface area contributed by atoms with Gasteiger partial charge in [0.15, 0.2) is 0 Å². The third-order valence-corrected chi connectivity index (χ3v) is 3.17. The maximum absolute atomic E-state index is 11.7. The first kappa shape index (κ1) is 15.8. The van der Waals surface area contributed by atoms with Crippen LogP contribution in [0.4, 0.5) is 4.79 Å². The molecular formula is C17H20N2O3. The zero-order valence-electron chi connectivity index (χ0n) is 12.8. The van der Waals surface area contributed by atoms with Gasteiger partial charge in [0.05, 0.1) is 18.6 Å². The lowest BCUT2D eigenvalue weighted by Crippen LogP contribution is -2.25. The molecule has 5 heteroatoms. The van der Waals surface area contributed by atoms with Gasteiger partial charge in [-0.3, -0.25) is 10.2 Å². The van der Waals surface area contributed by atoms with E-state index in [1.807, 2.05) is 49.4 Å². The van der Waals surface area contributed by atoms with Crippen LogP contribution in [-0.2, 0) is 9.57 Å². The Labute approximate surface area is 130 Å². The number of benzene rings is 1. The second-order valence-electron chi connectivity index (χ2n) is 4.95. The van der Waals surface area contributed by atoms with Crippen LogP contribution in [0.1, 0.15) is 25.8 Å². The number of carbonyl (C=O) groups excluding carboxylic acids is 1. The molecule has 1 aromatic carbocycles. The Balaban J connectivity index is 1.84. The van der Waals surface area contributed by atoms with Crippen LogP contribution in [0, 0.1) is 5.92 Å². The quantitative estimate of drug-likeness (QED) is 0.513. The first-order valence-electron chi connectivity index (χ1n) is 7.29. The molecule has 1 aliphatic rings. The van der Waals surface area contributed by atoms with Crippen molar-refractivity contribution >= 4 is 12.3 Å². The van der Waals surface area contributed by atoms with Crippen molar-refractivity contribution in [2.45, 2.75) is 20.3 Å². The third kappa shape index (κ3) is 4.77. The van der Waals surface area contributed by atoms with E-state index in [-0.39, 0.29) is 5.92 Å². The van der Waals surface area contributed by atoms with Crippen LogP contribution in [0.2, 0.25) is 0 Å². The summed E-state index contributed by atoms with van der Waals surface area (Å²) in [6.07, 6.45) is 5.29. The molecule has 1 N–H and O–H groups in total. The second kappa shape index (κ2) is 8.02. The minimum atomic E-state index is -0.598. The van der Waals surface area contributed by atoms with Crippen molar-refractivity contribution in [3.05, 3.63) is 59.5 Å². The van der Waals surface area contributed by atoms with E-state index in [1.165, 1.54) is 6.21 Å². The summed E-state index contributed by atoms with van der Waals surface area (Å²) in [4.78, 5) is 16.5. The lowest BCUT2D eigenvalue weighted by atomic mass is 9.98. The number of rotatable bonds is 5. The van der Waals surface area contributed by atoms with Crippen LogP contribution in [-0.4, -0.2) is 18.9 Å². The number of nitrogens with one attached hydrogen (secondary N) is 1. The summed E-state index contributed by atoms with van der Waals surface area (Å²) in [6.45, 7) is 4.64. The van der Waals surface area contributed by atoms with Crippen LogP contribution < -0.4 is 5.32 Å². The van der Waals surface area contributed by atoms with Gasteiger partial charge in [-0.15, -0.1) is 0 Å². The van der Waals surface area contributed by atoms with E-state index in [0.29, 0.717) is 13.0 Å². The fraction of sp³-hybridized carbons (Fsp3) is 0.294. The Bertz CT molecular complexity index is 591. The fourth-order valence-corrected chi connectivity index (χ4v) is 2.12. The van der Waals surface area contributed by atoms with Gasteiger partial charge in [-0.25, -0.2) is 4.79 Å². The smallest absolute Gasteiger partial charge is 0.437 e. The Morgan fingerprint density at radius 1 is 1.36 bits per heavy atom. The molecule has 1 aromatic rings. The predicted octanol–water partition coefficient (Wildman–Crippen LogP) is 3.59. The molecule has 116 valence electrons. The average molecular weight is 300 g/mol. The van der Waals surface area contributed by atoms with E-state index in [2.05, 4.69) is 17.4 Å². The zero-order valence-corrected chi connectivity index (χ0v) is 12.8. The lowest BCUT2D eigenvalue weighted by Gasteiger charge is -2.21. The number of hydrogen-bond acceptors (Lipinski definition) is 4. The molecule has 1 amide bonds. The van der Waals surface area contributed by atoms with Gasteiger partial charge in [0.2, 0.25) is 0 Å². The normalized spacial score (nSPS) is 17.6. The van der Waals surface area contributed by atoms with E-state index < -0.39 is 6.09 Å². The van der Waals surface area contributed by atoms with Crippen LogP contribution >= 0.6 is 0 Å². The molecule has 0 heterocycles. The highest BCUT2D eigenvalue weighted by Gasteiger charge is 2.17. The van der Waals surface area contributed by atoms with Crippen molar-refractivity contribution in [2.24, 2.45) is 11.1 Å². The standard InChI is InChI=1S/C17H20N2O3/c1-3-21-16-10-9-15(11-13(16)2)19-17(20)22-18-12-14-7-5-4-6-8-14/h4-10,12-13H,3,11H2,1-2H3,(H,19,20)/b18-12+. The van der Waals surface area contributed by atoms with E-state index >= 15 is 0 Å². The maximum Gasteiger partial charge on any atom is 0.437 e. The van der Waals surface area contributed by atoms with Crippen molar-refractivity contribution in [1.29, 1.82) is 0 Å². The Hall–Kier alpha value is -2.56. The molecule has 0 fully saturated rings. The van der Waals surface area contributed by atoms with E-state index in [4.69, 9.17) is 9.57 Å². The van der Waals surface area contributed by atoms with E-state index in [0.717, 1.165) is 17.0 Å². The van der Waals surface area contributed by atoms with E-state index in [9.17, 15) is 4.79 Å². The van der Waals surface area contributed by atoms with Crippen molar-refractivity contribution < 1.29 is 14.4 Å². The van der Waals surface area contributed by atoms with Crippen LogP contribution in [0.5, 0.6) is 0 Å². The van der Waals surface area contributed by atoms with Gasteiger partial charge < -0.3 is 4.74 Å². The van der Waals surface area contributed by atoms with Gasteiger partial charge >= 0.3 is 6.09 Å². The molecule has 2 rings (SSSR count). The second-order valence-corrected chi connectivity index (χ2v) is 4.95. The topological polar surface area (TPSA) is 59.9 Å². The number of oxime groups is 1. The first-order chi connectivity index (χ1) is 10.7. The summed E-state index contributed by atoms with van der Waals surface area (Å²) < 4.78 is 5.51. The maximum atomic E-state index is 11.7. The van der Waals surface area contributed by atoms with Gasteiger partial charge in [0.1, 0.15) is 0 Å². The molecule has 0 saturated carbocycles. The highest BCUT2D eigenvalue weighted by Crippen LogP contribution is 2.24. The van der Waals surface area contributed by atoms with Crippen molar-refractivity contribution in [3.63, 3.8) is 0 Å². The number of allylic oxidation sites excluding steroid dienone is 4. The number of nitrogens with zero attached hydrogens (tertiary/aromatic N) is 1. The summed E-state index contributed by atoms with van der Waals surface area (Å²) in [5.74, 6) is 1.16. The highest BCUT2D eigenvalue weighted by atomic mass is 16.7. The summed E-state index contributed by atoms with van der Waals surface area (Å²) >= 11 is 0. The minimum Gasteiger partial charge on any atom is -0.498 e. The van der Waals surface area contributed by atoms with Crippen molar-refractivity contribution in [3.8, 4) is 0 Å². The molecular weight excluding hydrogens is 280 g/mol. The summed E-state index contributed by atoms with van der Waals surface area (Å²) in [6, 6.07) is 9.42. The molecule has 0 saturated heterocycles. The van der Waals surface area contributed by atoms with Crippen molar-refractivity contribution in [2.75, 3.05) is 6.61 Å². The van der Waals surface area contributed by atoms with Gasteiger partial charge in [0, 0.05) is 11.6 Å². The monoisotopic (exact) mass is 300 g/mol. The SMILES string of the molecule is CCOC1=CC=C(NC(=O)O/N=C/c2ccccc2)CC1C. The Kier molecular flexibility index (Phi) is 5.77.